The fraction of sp³-hybridized carbons (Fsp3) is 0.364. The van der Waals surface area contributed by atoms with Crippen LogP contribution in [0.1, 0.15) is 40.4 Å². The number of hydrogen-bond acceptors (Lipinski definition) is 3. The number of hydrogen-bond donors (Lipinski definition) is 2. The van der Waals surface area contributed by atoms with Crippen LogP contribution in [0.25, 0.3) is 0 Å². The monoisotopic (exact) mass is 531 g/mol. The highest BCUT2D eigenvalue weighted by Gasteiger charge is 2.34. The van der Waals surface area contributed by atoms with Crippen LogP contribution in [0.4, 0.5) is 18.9 Å². The number of carbonyl (C=O) groups is 1. The molecular weight excluding hydrogens is 506 g/mol. The lowest BCUT2D eigenvalue weighted by Crippen LogP contribution is -2.27. The number of carbonyl (C=O) groups excluding carboxylic acids is 1. The average Bonchev–Trinajstić information content (AvgIpc) is 2.64. The summed E-state index contributed by atoms with van der Waals surface area (Å²) >= 11 is 2.11. The first-order valence-electron chi connectivity index (χ1n) is 9.39. The summed E-state index contributed by atoms with van der Waals surface area (Å²) in [5.74, 6) is -0.471. The average molecular weight is 531 g/mol. The van der Waals surface area contributed by atoms with Crippen LogP contribution in [-0.2, 0) is 12.6 Å². The Labute approximate surface area is 188 Å². The lowest BCUT2D eigenvalue weighted by atomic mass is 9.97. The summed E-state index contributed by atoms with van der Waals surface area (Å²) in [6.07, 6.45) is -4.28. The van der Waals surface area contributed by atoms with Gasteiger partial charge in [-0.15, -0.1) is 0 Å². The van der Waals surface area contributed by atoms with E-state index in [1.165, 1.54) is 12.1 Å². The Bertz CT molecular complexity index is 942. The van der Waals surface area contributed by atoms with Gasteiger partial charge >= 0.3 is 6.18 Å². The molecule has 4 nitrogen and oxygen atoms in total. The highest BCUT2D eigenvalue weighted by atomic mass is 127. The molecule has 0 saturated carbocycles. The van der Waals surface area contributed by atoms with Gasteiger partial charge in [-0.2, -0.15) is 13.2 Å². The number of anilines is 1. The van der Waals surface area contributed by atoms with E-state index < -0.39 is 17.6 Å². The fourth-order valence-corrected chi connectivity index (χ4v) is 3.37. The molecular formula is C22H25F3IN3O. The molecule has 0 aliphatic carbocycles. The lowest BCUT2D eigenvalue weighted by Gasteiger charge is -2.21. The maximum atomic E-state index is 13.6. The summed E-state index contributed by atoms with van der Waals surface area (Å²) < 4.78 is 41.8. The molecule has 0 fully saturated rings. The molecule has 0 bridgehead atoms. The van der Waals surface area contributed by atoms with E-state index in [-0.39, 0.29) is 29.4 Å². The molecule has 1 atom stereocenters. The third-order valence-corrected chi connectivity index (χ3v) is 6.10. The first kappa shape index (κ1) is 24.3. The lowest BCUT2D eigenvalue weighted by molar-refractivity contribution is -0.138. The van der Waals surface area contributed by atoms with Gasteiger partial charge < -0.3 is 15.6 Å². The number of rotatable bonds is 7. The van der Waals surface area contributed by atoms with Gasteiger partial charge in [-0.25, -0.2) is 0 Å². The molecule has 0 unspecified atom stereocenters. The van der Waals surface area contributed by atoms with Gasteiger partial charge in [0.25, 0.3) is 5.91 Å². The Morgan fingerprint density at radius 1 is 1.20 bits per heavy atom. The van der Waals surface area contributed by atoms with Crippen molar-refractivity contribution in [3.05, 3.63) is 62.2 Å². The van der Waals surface area contributed by atoms with Crippen LogP contribution in [0.15, 0.2) is 36.4 Å². The third-order valence-electron chi connectivity index (χ3n) is 4.93. The third kappa shape index (κ3) is 6.53. The number of benzene rings is 2. The molecule has 0 aliphatic heterocycles. The topological polar surface area (TPSA) is 56.2 Å². The highest BCUT2D eigenvalue weighted by molar-refractivity contribution is 14.1. The van der Waals surface area contributed by atoms with Crippen LogP contribution in [-0.4, -0.2) is 36.7 Å². The number of amides is 1. The van der Waals surface area contributed by atoms with E-state index in [4.69, 9.17) is 5.41 Å². The van der Waals surface area contributed by atoms with Crippen molar-refractivity contribution in [3.8, 4) is 0 Å². The van der Waals surface area contributed by atoms with Crippen LogP contribution < -0.4 is 5.32 Å². The van der Waals surface area contributed by atoms with Crippen LogP contribution in [0.2, 0.25) is 0 Å². The van der Waals surface area contributed by atoms with E-state index in [2.05, 4.69) is 27.9 Å². The van der Waals surface area contributed by atoms with Gasteiger partial charge in [0.05, 0.1) is 5.56 Å². The smallest absolute Gasteiger partial charge is 0.322 e. The Morgan fingerprint density at radius 3 is 2.43 bits per heavy atom. The maximum absolute atomic E-state index is 13.6. The van der Waals surface area contributed by atoms with E-state index in [0.717, 1.165) is 15.2 Å². The molecule has 1 amide bonds. The molecule has 2 rings (SSSR count). The Morgan fingerprint density at radius 2 is 1.87 bits per heavy atom. The summed E-state index contributed by atoms with van der Waals surface area (Å²) in [6.45, 7) is 3.83. The summed E-state index contributed by atoms with van der Waals surface area (Å²) in [5, 5.41) is 10.6. The summed E-state index contributed by atoms with van der Waals surface area (Å²) in [5.41, 5.74) is 0.888. The standard InChI is InChI=1S/C22H25F3IN3O/c1-13-5-6-16(11-20(13)26)21(30)28-18-8-7-15(19(12-18)22(23,24)25)10-17(27)9-14(2)29(3)4/h5-8,11-12,14,27H,9-10H2,1-4H3,(H,28,30)/t14-/m1/s1. The second-order valence-corrected chi connectivity index (χ2v) is 8.75. The minimum atomic E-state index is -4.58. The normalized spacial score (nSPS) is 12.7. The zero-order valence-electron chi connectivity index (χ0n) is 17.3. The van der Waals surface area contributed by atoms with Crippen molar-refractivity contribution >= 4 is 39.9 Å². The van der Waals surface area contributed by atoms with Crippen LogP contribution in [0.3, 0.4) is 0 Å². The maximum Gasteiger partial charge on any atom is 0.416 e. The van der Waals surface area contributed by atoms with Gasteiger partial charge in [0, 0.05) is 39.4 Å². The summed E-state index contributed by atoms with van der Waals surface area (Å²) in [4.78, 5) is 14.4. The molecule has 0 saturated heterocycles. The van der Waals surface area contributed by atoms with Crippen molar-refractivity contribution in [2.24, 2.45) is 0 Å². The van der Waals surface area contributed by atoms with Crippen LogP contribution in [0, 0.1) is 15.9 Å². The van der Waals surface area contributed by atoms with Gasteiger partial charge in [0.1, 0.15) is 0 Å². The molecule has 8 heteroatoms. The van der Waals surface area contributed by atoms with Crippen LogP contribution >= 0.6 is 22.6 Å². The van der Waals surface area contributed by atoms with Crippen molar-refractivity contribution in [1.29, 1.82) is 5.41 Å². The molecule has 30 heavy (non-hydrogen) atoms. The van der Waals surface area contributed by atoms with E-state index in [1.807, 2.05) is 32.8 Å². The van der Waals surface area contributed by atoms with Crippen molar-refractivity contribution < 1.29 is 18.0 Å². The van der Waals surface area contributed by atoms with Crippen LogP contribution in [0.5, 0.6) is 0 Å². The van der Waals surface area contributed by atoms with Gasteiger partial charge in [0.2, 0.25) is 0 Å². The Hall–Kier alpha value is -1.94. The molecule has 0 heterocycles. The molecule has 0 spiro atoms. The second-order valence-electron chi connectivity index (χ2n) is 7.58. The molecule has 162 valence electrons. The first-order chi connectivity index (χ1) is 13.9. The van der Waals surface area contributed by atoms with E-state index in [1.54, 1.807) is 18.2 Å². The molecule has 0 aromatic heterocycles. The number of aryl methyl sites for hydroxylation is 1. The zero-order chi connectivity index (χ0) is 22.6. The molecule has 2 aromatic carbocycles. The molecule has 0 radical (unpaired) electrons. The fourth-order valence-electron chi connectivity index (χ4n) is 2.85. The van der Waals surface area contributed by atoms with Crippen molar-refractivity contribution in [3.63, 3.8) is 0 Å². The zero-order valence-corrected chi connectivity index (χ0v) is 19.5. The number of nitrogens with one attached hydrogen (secondary N) is 2. The van der Waals surface area contributed by atoms with Crippen molar-refractivity contribution in [1.82, 2.24) is 4.90 Å². The van der Waals surface area contributed by atoms with Gasteiger partial charge in [-0.1, -0.05) is 12.1 Å². The van der Waals surface area contributed by atoms with Crippen molar-refractivity contribution in [2.75, 3.05) is 19.4 Å². The van der Waals surface area contributed by atoms with Gasteiger partial charge in [0.15, 0.2) is 0 Å². The molecule has 0 aliphatic rings. The summed E-state index contributed by atoms with van der Waals surface area (Å²) in [6, 6.07) is 8.91. The second kappa shape index (κ2) is 9.91. The summed E-state index contributed by atoms with van der Waals surface area (Å²) in [7, 11) is 3.73. The number of alkyl halides is 3. The predicted molar refractivity (Wildman–Crippen MR) is 122 cm³/mol. The number of halogens is 4. The minimum absolute atomic E-state index is 0.0290. The highest BCUT2D eigenvalue weighted by Crippen LogP contribution is 2.34. The largest absolute Gasteiger partial charge is 0.416 e. The minimum Gasteiger partial charge on any atom is -0.322 e. The van der Waals surface area contributed by atoms with Crippen molar-refractivity contribution in [2.45, 2.75) is 38.9 Å². The molecule has 2 N–H and O–H groups in total. The Balaban J connectivity index is 2.24. The van der Waals surface area contributed by atoms with E-state index in [9.17, 15) is 18.0 Å². The predicted octanol–water partition coefficient (Wildman–Crippen LogP) is 5.77. The Kier molecular flexibility index (Phi) is 8.04. The van der Waals surface area contributed by atoms with Gasteiger partial charge in [-0.05, 0) is 85.9 Å². The first-order valence-corrected chi connectivity index (χ1v) is 10.5. The van der Waals surface area contributed by atoms with E-state index in [0.29, 0.717) is 12.0 Å². The quantitative estimate of drug-likeness (QED) is 0.352. The van der Waals surface area contributed by atoms with E-state index >= 15 is 0 Å². The number of nitrogens with zero attached hydrogens (tertiary/aromatic N) is 1. The SMILES string of the molecule is Cc1ccc(C(=O)Nc2ccc(CC(=N)C[C@@H](C)N(C)C)c(C(F)(F)F)c2)cc1I. The molecule has 2 aromatic rings. The van der Waals surface area contributed by atoms with Gasteiger partial charge in [-0.3, -0.25) is 4.79 Å².